The molecule has 0 saturated carbocycles. The van der Waals surface area contributed by atoms with Gasteiger partial charge in [0.15, 0.2) is 0 Å². The second kappa shape index (κ2) is 4.97. The standard InChI is InChI=1S/C15H22ClNO2/c1-14(2)8-13(15(3,4)19-14)18-12-6-5-11(16)7-10(12)9-17/h5-7,13H,8-9,17H2,1-4H3. The van der Waals surface area contributed by atoms with Crippen LogP contribution in [0, 0.1) is 0 Å². The first-order valence-electron chi connectivity index (χ1n) is 6.59. The molecule has 0 radical (unpaired) electrons. The first kappa shape index (κ1) is 14.6. The van der Waals surface area contributed by atoms with Crippen molar-refractivity contribution in [3.05, 3.63) is 28.8 Å². The molecule has 1 aromatic rings. The summed E-state index contributed by atoms with van der Waals surface area (Å²) in [6.45, 7) is 8.70. The van der Waals surface area contributed by atoms with Crippen molar-refractivity contribution in [3.63, 3.8) is 0 Å². The lowest BCUT2D eigenvalue weighted by atomic mass is 9.97. The maximum absolute atomic E-state index is 6.14. The molecule has 2 rings (SSSR count). The molecule has 0 spiro atoms. The van der Waals surface area contributed by atoms with Gasteiger partial charge in [0.1, 0.15) is 17.5 Å². The number of rotatable bonds is 3. The summed E-state index contributed by atoms with van der Waals surface area (Å²) >= 11 is 5.98. The molecule has 1 atom stereocenters. The van der Waals surface area contributed by atoms with Crippen LogP contribution in [0.1, 0.15) is 39.7 Å². The average molecular weight is 284 g/mol. The highest BCUT2D eigenvalue weighted by molar-refractivity contribution is 6.30. The van der Waals surface area contributed by atoms with Gasteiger partial charge in [0.05, 0.1) is 5.60 Å². The number of hydrogen-bond acceptors (Lipinski definition) is 3. The molecule has 1 aromatic carbocycles. The van der Waals surface area contributed by atoms with Crippen LogP contribution >= 0.6 is 11.6 Å². The molecule has 0 amide bonds. The lowest BCUT2D eigenvalue weighted by molar-refractivity contribution is -0.0846. The molecule has 1 aliphatic rings. The lowest BCUT2D eigenvalue weighted by Crippen LogP contribution is -2.37. The van der Waals surface area contributed by atoms with Crippen molar-refractivity contribution in [2.24, 2.45) is 5.73 Å². The lowest BCUT2D eigenvalue weighted by Gasteiger charge is -2.28. The van der Waals surface area contributed by atoms with Gasteiger partial charge >= 0.3 is 0 Å². The van der Waals surface area contributed by atoms with Crippen LogP contribution in [0.3, 0.4) is 0 Å². The number of benzene rings is 1. The minimum Gasteiger partial charge on any atom is -0.487 e. The molecule has 3 nitrogen and oxygen atoms in total. The van der Waals surface area contributed by atoms with Crippen LogP contribution in [-0.2, 0) is 11.3 Å². The molecule has 1 heterocycles. The zero-order valence-corrected chi connectivity index (χ0v) is 12.8. The predicted molar refractivity (Wildman–Crippen MR) is 77.6 cm³/mol. The van der Waals surface area contributed by atoms with E-state index in [9.17, 15) is 0 Å². The molecule has 0 aliphatic carbocycles. The summed E-state index contributed by atoms with van der Waals surface area (Å²) in [5.41, 5.74) is 6.20. The molecule has 0 aromatic heterocycles. The topological polar surface area (TPSA) is 44.5 Å². The predicted octanol–water partition coefficient (Wildman–Crippen LogP) is 3.52. The Morgan fingerprint density at radius 2 is 2.05 bits per heavy atom. The summed E-state index contributed by atoms with van der Waals surface area (Å²) in [4.78, 5) is 0. The van der Waals surface area contributed by atoms with Crippen molar-refractivity contribution >= 4 is 11.6 Å². The van der Waals surface area contributed by atoms with Crippen LogP contribution in [0.25, 0.3) is 0 Å². The molecule has 1 saturated heterocycles. The van der Waals surface area contributed by atoms with Crippen molar-refractivity contribution < 1.29 is 9.47 Å². The highest BCUT2D eigenvalue weighted by atomic mass is 35.5. The number of nitrogens with two attached hydrogens (primary N) is 1. The molecule has 4 heteroatoms. The van der Waals surface area contributed by atoms with Gasteiger partial charge in [0, 0.05) is 23.6 Å². The summed E-state index contributed by atoms with van der Waals surface area (Å²) < 4.78 is 12.2. The van der Waals surface area contributed by atoms with Crippen molar-refractivity contribution in [1.82, 2.24) is 0 Å². The highest BCUT2D eigenvalue weighted by Crippen LogP contribution is 2.40. The summed E-state index contributed by atoms with van der Waals surface area (Å²) in [6.07, 6.45) is 0.862. The molecular formula is C15H22ClNO2. The van der Waals surface area contributed by atoms with Crippen molar-refractivity contribution in [2.75, 3.05) is 0 Å². The van der Waals surface area contributed by atoms with Crippen LogP contribution < -0.4 is 10.5 Å². The van der Waals surface area contributed by atoms with E-state index in [2.05, 4.69) is 27.7 Å². The van der Waals surface area contributed by atoms with E-state index in [4.69, 9.17) is 26.8 Å². The Morgan fingerprint density at radius 3 is 2.58 bits per heavy atom. The van der Waals surface area contributed by atoms with Gasteiger partial charge in [-0.2, -0.15) is 0 Å². The first-order chi connectivity index (χ1) is 8.73. The van der Waals surface area contributed by atoms with Gasteiger partial charge < -0.3 is 15.2 Å². The van der Waals surface area contributed by atoms with E-state index < -0.39 is 0 Å². The minimum absolute atomic E-state index is 0.00831. The molecule has 1 fully saturated rings. The largest absolute Gasteiger partial charge is 0.487 e. The summed E-state index contributed by atoms with van der Waals surface area (Å²) in [5, 5.41) is 0.676. The second-order valence-corrected chi connectivity index (χ2v) is 6.67. The van der Waals surface area contributed by atoms with Gasteiger partial charge in [-0.3, -0.25) is 0 Å². The molecular weight excluding hydrogens is 262 g/mol. The van der Waals surface area contributed by atoms with Gasteiger partial charge in [-0.1, -0.05) is 11.6 Å². The Bertz CT molecular complexity index is 471. The van der Waals surface area contributed by atoms with E-state index in [1.165, 1.54) is 0 Å². The smallest absolute Gasteiger partial charge is 0.130 e. The van der Waals surface area contributed by atoms with Gasteiger partial charge in [-0.25, -0.2) is 0 Å². The van der Waals surface area contributed by atoms with Crippen LogP contribution in [0.15, 0.2) is 18.2 Å². The van der Waals surface area contributed by atoms with Gasteiger partial charge in [-0.05, 0) is 45.9 Å². The maximum atomic E-state index is 6.14. The molecule has 2 N–H and O–H groups in total. The third-order valence-electron chi connectivity index (χ3n) is 3.50. The number of ether oxygens (including phenoxy) is 2. The van der Waals surface area contributed by atoms with E-state index in [-0.39, 0.29) is 17.3 Å². The third-order valence-corrected chi connectivity index (χ3v) is 3.74. The van der Waals surface area contributed by atoms with Gasteiger partial charge in [-0.15, -0.1) is 0 Å². The maximum Gasteiger partial charge on any atom is 0.130 e. The quantitative estimate of drug-likeness (QED) is 0.923. The van der Waals surface area contributed by atoms with Crippen LogP contribution in [0.5, 0.6) is 5.75 Å². The molecule has 1 unspecified atom stereocenters. The van der Waals surface area contributed by atoms with Crippen molar-refractivity contribution in [1.29, 1.82) is 0 Å². The average Bonchev–Trinajstić information content (AvgIpc) is 2.49. The number of hydrogen-bond donors (Lipinski definition) is 1. The molecule has 19 heavy (non-hydrogen) atoms. The Hall–Kier alpha value is -0.770. The minimum atomic E-state index is -0.311. The van der Waals surface area contributed by atoms with E-state index in [0.717, 1.165) is 17.7 Å². The Morgan fingerprint density at radius 1 is 1.37 bits per heavy atom. The molecule has 1 aliphatic heterocycles. The molecule has 0 bridgehead atoms. The van der Waals surface area contributed by atoms with E-state index in [0.29, 0.717) is 11.6 Å². The Kier molecular flexibility index (Phi) is 3.83. The fourth-order valence-electron chi connectivity index (χ4n) is 2.67. The third kappa shape index (κ3) is 3.22. The number of halogens is 1. The van der Waals surface area contributed by atoms with Crippen LogP contribution in [0.2, 0.25) is 5.02 Å². The van der Waals surface area contributed by atoms with E-state index in [1.54, 1.807) is 0 Å². The fraction of sp³-hybridized carbons (Fsp3) is 0.600. The van der Waals surface area contributed by atoms with Crippen LogP contribution in [-0.4, -0.2) is 17.3 Å². The van der Waals surface area contributed by atoms with Gasteiger partial charge in [0.25, 0.3) is 0 Å². The Labute approximate surface area is 120 Å². The highest BCUT2D eigenvalue weighted by Gasteiger charge is 2.47. The van der Waals surface area contributed by atoms with E-state index >= 15 is 0 Å². The zero-order chi connectivity index (χ0) is 14.3. The fourth-order valence-corrected chi connectivity index (χ4v) is 2.87. The second-order valence-electron chi connectivity index (χ2n) is 6.23. The first-order valence-corrected chi connectivity index (χ1v) is 6.97. The van der Waals surface area contributed by atoms with Crippen molar-refractivity contribution in [2.45, 2.75) is 58.0 Å². The van der Waals surface area contributed by atoms with E-state index in [1.807, 2.05) is 18.2 Å². The van der Waals surface area contributed by atoms with Crippen LogP contribution in [0.4, 0.5) is 0 Å². The summed E-state index contributed by atoms with van der Waals surface area (Å²) in [7, 11) is 0. The Balaban J connectivity index is 2.22. The summed E-state index contributed by atoms with van der Waals surface area (Å²) in [6, 6.07) is 5.56. The monoisotopic (exact) mass is 283 g/mol. The van der Waals surface area contributed by atoms with Gasteiger partial charge in [0.2, 0.25) is 0 Å². The van der Waals surface area contributed by atoms with Crippen molar-refractivity contribution in [3.8, 4) is 5.75 Å². The SMILES string of the molecule is CC1(C)CC(Oc2ccc(Cl)cc2CN)C(C)(C)O1. The zero-order valence-electron chi connectivity index (χ0n) is 12.0. The summed E-state index contributed by atoms with van der Waals surface area (Å²) in [5.74, 6) is 0.797. The molecule has 106 valence electrons. The normalized spacial score (nSPS) is 24.4.